The average molecular weight is 1050 g/mol. The van der Waals surface area contributed by atoms with Crippen LogP contribution in [0.15, 0.2) is 84.9 Å². The molecule has 2 aliphatic carbocycles. The molecule has 14 heteroatoms. The van der Waals surface area contributed by atoms with Crippen molar-refractivity contribution in [1.29, 1.82) is 0 Å². The number of alkyl halides is 1. The molecule has 400 valence electrons. The van der Waals surface area contributed by atoms with Crippen molar-refractivity contribution in [1.82, 2.24) is 29.3 Å². The number of ether oxygens (including phenoxy) is 2. The van der Waals surface area contributed by atoms with Crippen molar-refractivity contribution in [2.75, 3.05) is 45.7 Å². The number of benzene rings is 4. The van der Waals surface area contributed by atoms with Crippen molar-refractivity contribution in [2.24, 2.45) is 0 Å². The third-order valence-corrected chi connectivity index (χ3v) is 29.4. The second kappa shape index (κ2) is 20.6. The Morgan fingerprint density at radius 3 is 2.08 bits per heavy atom. The maximum atomic E-state index is 17.0. The summed E-state index contributed by atoms with van der Waals surface area (Å²) in [5, 5.41) is 7.04. The Morgan fingerprint density at radius 2 is 1.51 bits per heavy atom. The Hall–Kier alpha value is -5.34. The summed E-state index contributed by atoms with van der Waals surface area (Å²) in [6.45, 7) is 22.7. The molecule has 10 nitrogen and oxygen atoms in total. The smallest absolute Gasteiger partial charge is 0.320 e. The summed E-state index contributed by atoms with van der Waals surface area (Å²) in [7, 11) is -1.19. The summed E-state index contributed by atoms with van der Waals surface area (Å²) >= 11 is 0. The molecule has 2 saturated heterocycles. The van der Waals surface area contributed by atoms with Gasteiger partial charge >= 0.3 is 12.0 Å². The fraction of sp³-hybridized carbons (Fsp3) is 0.525. The monoisotopic (exact) mass is 1050 g/mol. The van der Waals surface area contributed by atoms with Crippen molar-refractivity contribution in [3.05, 3.63) is 96.3 Å². The van der Waals surface area contributed by atoms with Gasteiger partial charge in [-0.1, -0.05) is 137 Å². The number of hydrogen-bond donors (Lipinski definition) is 1. The van der Waals surface area contributed by atoms with Gasteiger partial charge in [0.2, 0.25) is 0 Å². The van der Waals surface area contributed by atoms with E-state index in [0.29, 0.717) is 82.7 Å². The lowest BCUT2D eigenvalue weighted by Crippen LogP contribution is -2.68. The van der Waals surface area contributed by atoms with Crippen LogP contribution >= 0.6 is 0 Å². The van der Waals surface area contributed by atoms with E-state index in [1.807, 2.05) is 30.3 Å². The third-order valence-electron chi connectivity index (χ3n) is 18.1. The van der Waals surface area contributed by atoms with E-state index in [4.69, 9.17) is 28.9 Å². The van der Waals surface area contributed by atoms with Crippen molar-refractivity contribution >= 4 is 54.5 Å². The Labute approximate surface area is 446 Å². The van der Waals surface area contributed by atoms with Crippen molar-refractivity contribution in [3.63, 3.8) is 0 Å². The van der Waals surface area contributed by atoms with Crippen LogP contribution in [0.5, 0.6) is 23.5 Å². The van der Waals surface area contributed by atoms with Crippen molar-refractivity contribution < 1.29 is 22.7 Å². The topological polar surface area (TPSA) is 89.8 Å². The molecule has 4 heterocycles. The summed E-state index contributed by atoms with van der Waals surface area (Å²) in [5.74, 6) is 4.76. The number of aromatic nitrogens is 4. The molecule has 0 amide bonds. The molecular weight excluding hydrogens is 973 g/mol. The molecule has 0 unspecified atom stereocenters. The van der Waals surface area contributed by atoms with Gasteiger partial charge in [0.05, 0.1) is 16.9 Å². The molecule has 0 radical (unpaired) electrons. The molecule has 2 saturated carbocycles. The van der Waals surface area contributed by atoms with Gasteiger partial charge in [-0.2, -0.15) is 15.0 Å². The van der Waals surface area contributed by atoms with Crippen LogP contribution in [0.3, 0.4) is 0 Å². The zero-order chi connectivity index (χ0) is 53.1. The zero-order valence-corrected chi connectivity index (χ0v) is 48.3. The molecule has 0 bridgehead atoms. The molecule has 6 aromatic rings. The van der Waals surface area contributed by atoms with Gasteiger partial charge in [0.1, 0.15) is 38.2 Å². The highest BCUT2D eigenvalue weighted by molar-refractivity contribution is 7.00. The van der Waals surface area contributed by atoms with Crippen molar-refractivity contribution in [3.8, 4) is 35.0 Å². The van der Waals surface area contributed by atoms with E-state index in [0.717, 1.165) is 79.2 Å². The van der Waals surface area contributed by atoms with Gasteiger partial charge in [0, 0.05) is 42.5 Å². The summed E-state index contributed by atoms with van der Waals surface area (Å²) in [6, 6.07) is 29.1. The van der Waals surface area contributed by atoms with E-state index < -0.39 is 28.4 Å². The van der Waals surface area contributed by atoms with Crippen LogP contribution in [0.2, 0.25) is 21.7 Å². The molecule has 10 rings (SSSR count). The lowest BCUT2D eigenvalue weighted by molar-refractivity contribution is 0.0738. The molecular formula is C61H79F2N7O3Si2-2. The van der Waals surface area contributed by atoms with E-state index in [2.05, 4.69) is 156 Å². The highest BCUT2D eigenvalue weighted by Crippen LogP contribution is 2.47. The minimum atomic E-state index is -3.16. The number of halogens is 2. The Bertz CT molecular complexity index is 3030. The van der Waals surface area contributed by atoms with Crippen LogP contribution in [-0.4, -0.2) is 103 Å². The number of fused-ring (bicyclic) bond motifs is 3. The van der Waals surface area contributed by atoms with Gasteiger partial charge in [-0.15, -0.1) is 38.0 Å². The second-order valence-corrected chi connectivity index (χ2v) is 34.3. The SMILES string of the molecule is CC(C)[Si-](C#Cc1c(F)ccc2cc(O[Si-](c3ccccc3)(c3ccccc3)C(C)(C)C)cc(Oc3nc4nc(OC[C@@]56CCCN5C[C@H](F)C6)nc(NCC5(N(C)C)CCC5)c4n3C3CCC3)c12)(C(C)C)C(C)C. The predicted octanol–water partition coefficient (Wildman–Crippen LogP) is 13.0. The normalized spacial score (nSPS) is 20.1. The fourth-order valence-corrected chi connectivity index (χ4v) is 23.2. The lowest BCUT2D eigenvalue weighted by atomic mass is 9.75. The fourth-order valence-electron chi connectivity index (χ4n) is 13.6. The average Bonchev–Trinajstić information content (AvgIpc) is 4.00. The minimum absolute atomic E-state index is 0.0324. The molecule has 4 aliphatic rings. The first-order valence-corrected chi connectivity index (χ1v) is 32.0. The Balaban J connectivity index is 1.18. The molecule has 4 aromatic carbocycles. The largest absolute Gasteiger partial charge is 0.682 e. The Kier molecular flexibility index (Phi) is 14.5. The van der Waals surface area contributed by atoms with Gasteiger partial charge in [0.15, 0.2) is 11.5 Å². The van der Waals surface area contributed by atoms with Gasteiger partial charge < -0.3 is 24.1 Å². The highest BCUT2D eigenvalue weighted by atomic mass is 28.4. The number of nitrogens with one attached hydrogen (secondary N) is 1. The zero-order valence-electron chi connectivity index (χ0n) is 46.3. The van der Waals surface area contributed by atoms with Crippen LogP contribution in [0, 0.1) is 17.3 Å². The van der Waals surface area contributed by atoms with Crippen LogP contribution in [0.25, 0.3) is 21.9 Å². The summed E-state index contributed by atoms with van der Waals surface area (Å²) in [4.78, 5) is 20.1. The molecule has 2 atom stereocenters. The molecule has 2 aliphatic heterocycles. The third kappa shape index (κ3) is 9.45. The highest BCUT2D eigenvalue weighted by Gasteiger charge is 2.50. The quantitative estimate of drug-likeness (QED) is 0.0708. The van der Waals surface area contributed by atoms with Crippen LogP contribution < -0.4 is 29.6 Å². The standard InChI is InChI=1S/C61H79F2N7O3Si2/c1-41(2)74(42(3)4,43(5)6)34-29-50-51(63)28-27-44-35-47(73-75(59(7,8)9,48-23-14-12-15-24-48)49-25-16-13-17-26-49)36-52(53(44)50)72-58-67-56-54(70(58)46-21-18-22-46)55(64-39-60(68(10)11)30-19-31-60)65-57(66-56)71-40-61-32-20-33-69(61)38-45(62)37-61/h12-17,23-28,35-36,41-43,45-46H,18-22,30-33,37-40H2,1-11H3,(H,64,65,66)/q-2/t45-,61+/m1/s1. The van der Waals surface area contributed by atoms with E-state index in [1.165, 1.54) is 6.07 Å². The maximum absolute atomic E-state index is 17.0. The molecule has 4 fully saturated rings. The number of anilines is 1. The van der Waals surface area contributed by atoms with E-state index >= 15 is 4.39 Å². The lowest BCUT2D eigenvalue weighted by Gasteiger charge is -2.55. The number of imidazole rings is 1. The molecule has 2 aromatic heterocycles. The van der Waals surface area contributed by atoms with E-state index in [-0.39, 0.29) is 28.2 Å². The van der Waals surface area contributed by atoms with E-state index in [1.54, 1.807) is 0 Å². The summed E-state index contributed by atoms with van der Waals surface area (Å²) in [5.41, 5.74) is 5.94. The first-order chi connectivity index (χ1) is 35.8. The first kappa shape index (κ1) is 53.1. The minimum Gasteiger partial charge on any atom is -0.682 e. The van der Waals surface area contributed by atoms with E-state index in [9.17, 15) is 4.39 Å². The van der Waals surface area contributed by atoms with Gasteiger partial charge in [-0.3, -0.25) is 15.0 Å². The number of hydrogen-bond acceptors (Lipinski definition) is 9. The van der Waals surface area contributed by atoms with Gasteiger partial charge in [-0.25, -0.2) is 8.78 Å². The number of rotatable bonds is 17. The first-order valence-electron chi connectivity index (χ1n) is 27.8. The van der Waals surface area contributed by atoms with Crippen molar-refractivity contribution in [2.45, 2.75) is 165 Å². The maximum Gasteiger partial charge on any atom is 0.320 e. The predicted molar refractivity (Wildman–Crippen MR) is 306 cm³/mol. The second-order valence-electron chi connectivity index (χ2n) is 24.5. The summed E-state index contributed by atoms with van der Waals surface area (Å²) in [6.07, 6.45) is 7.62. The van der Waals surface area contributed by atoms with Crippen LogP contribution in [0.1, 0.15) is 132 Å². The number of nitrogens with zero attached hydrogens (tertiary/aromatic N) is 6. The Morgan fingerprint density at radius 1 is 0.840 bits per heavy atom. The molecule has 75 heavy (non-hydrogen) atoms. The molecule has 1 N–H and O–H groups in total. The summed E-state index contributed by atoms with van der Waals surface area (Å²) < 4.78 is 55.9. The van der Waals surface area contributed by atoms with Gasteiger partial charge in [-0.05, 0) is 89.5 Å². The number of likely N-dealkylation sites (N-methyl/N-ethyl adjacent to an activating group) is 1. The van der Waals surface area contributed by atoms with Crippen LogP contribution in [-0.2, 0) is 0 Å². The van der Waals surface area contributed by atoms with Crippen LogP contribution in [0.4, 0.5) is 14.6 Å². The van der Waals surface area contributed by atoms with Gasteiger partial charge in [0.25, 0.3) is 0 Å². The molecule has 0 spiro atoms.